The lowest BCUT2D eigenvalue weighted by molar-refractivity contribution is 0.442. The maximum atomic E-state index is 6.00. The van der Waals surface area contributed by atoms with E-state index in [1.807, 2.05) is 0 Å². The fourth-order valence-electron chi connectivity index (χ4n) is 1.26. The molecular weight excluding hydrogens is 248 g/mol. The van der Waals surface area contributed by atoms with Crippen LogP contribution in [-0.4, -0.2) is 22.1 Å². The topological polar surface area (TPSA) is 49.8 Å². The van der Waals surface area contributed by atoms with E-state index in [2.05, 4.69) is 62.1 Å². The number of nitrogens with one attached hydrogen (secondary N) is 2. The number of hydrogen-bond donors (Lipinski definition) is 2. The summed E-state index contributed by atoms with van der Waals surface area (Å²) in [6, 6.07) is 1.74. The summed E-state index contributed by atoms with van der Waals surface area (Å²) in [5.41, 5.74) is 0.0982. The maximum Gasteiger partial charge on any atom is 0.226 e. The van der Waals surface area contributed by atoms with E-state index >= 15 is 0 Å². The molecule has 4 nitrogen and oxygen atoms in total. The molecular formula is C13H23ClN4. The first-order chi connectivity index (χ1) is 8.05. The number of halogens is 1. The first kappa shape index (κ1) is 15.0. The number of aromatic nitrogens is 2. The largest absolute Gasteiger partial charge is 0.369 e. The van der Waals surface area contributed by atoms with Crippen molar-refractivity contribution < 1.29 is 0 Å². The SMILES string of the molecule is CC(C)(C)CNc1cc(Cl)nc(NC(C)(C)C)n1. The molecule has 0 atom stereocenters. The van der Waals surface area contributed by atoms with Gasteiger partial charge in [-0.2, -0.15) is 4.98 Å². The Balaban J connectivity index is 2.81. The van der Waals surface area contributed by atoms with Crippen molar-refractivity contribution in [2.75, 3.05) is 17.2 Å². The molecule has 0 aliphatic carbocycles. The molecule has 1 aromatic rings. The number of anilines is 2. The van der Waals surface area contributed by atoms with Gasteiger partial charge < -0.3 is 10.6 Å². The van der Waals surface area contributed by atoms with Crippen molar-refractivity contribution in [2.45, 2.75) is 47.1 Å². The molecule has 0 aliphatic rings. The summed E-state index contributed by atoms with van der Waals surface area (Å²) >= 11 is 6.00. The number of nitrogens with zero attached hydrogens (tertiary/aromatic N) is 2. The number of rotatable bonds is 3. The summed E-state index contributed by atoms with van der Waals surface area (Å²) in [6.45, 7) is 13.5. The maximum absolute atomic E-state index is 6.00. The number of hydrogen-bond acceptors (Lipinski definition) is 4. The summed E-state index contributed by atoms with van der Waals surface area (Å²) in [5.74, 6) is 1.29. The monoisotopic (exact) mass is 270 g/mol. The van der Waals surface area contributed by atoms with E-state index in [0.717, 1.165) is 12.4 Å². The molecule has 0 fully saturated rings. The van der Waals surface area contributed by atoms with Crippen LogP contribution in [0.15, 0.2) is 6.07 Å². The molecule has 2 N–H and O–H groups in total. The summed E-state index contributed by atoms with van der Waals surface area (Å²) < 4.78 is 0. The van der Waals surface area contributed by atoms with E-state index in [-0.39, 0.29) is 11.0 Å². The van der Waals surface area contributed by atoms with E-state index in [4.69, 9.17) is 11.6 Å². The smallest absolute Gasteiger partial charge is 0.226 e. The first-order valence-electron chi connectivity index (χ1n) is 6.12. The van der Waals surface area contributed by atoms with Crippen LogP contribution in [0.5, 0.6) is 0 Å². The van der Waals surface area contributed by atoms with Gasteiger partial charge in [-0.1, -0.05) is 32.4 Å². The van der Waals surface area contributed by atoms with Gasteiger partial charge in [0.2, 0.25) is 5.95 Å². The summed E-state index contributed by atoms with van der Waals surface area (Å²) in [7, 11) is 0. The van der Waals surface area contributed by atoms with Crippen molar-refractivity contribution in [2.24, 2.45) is 5.41 Å². The molecule has 0 aromatic carbocycles. The summed E-state index contributed by atoms with van der Waals surface area (Å²) in [4.78, 5) is 8.57. The highest BCUT2D eigenvalue weighted by Gasteiger charge is 2.14. The minimum atomic E-state index is -0.0913. The third-order valence-corrected chi connectivity index (χ3v) is 2.18. The molecule has 0 radical (unpaired) electrons. The molecule has 18 heavy (non-hydrogen) atoms. The minimum absolute atomic E-state index is 0.0913. The Morgan fingerprint density at radius 2 is 1.72 bits per heavy atom. The van der Waals surface area contributed by atoms with Gasteiger partial charge in [-0.3, -0.25) is 0 Å². The quantitative estimate of drug-likeness (QED) is 0.821. The predicted molar refractivity (Wildman–Crippen MR) is 78.4 cm³/mol. The molecule has 0 aliphatic heterocycles. The average molecular weight is 271 g/mol. The highest BCUT2D eigenvalue weighted by Crippen LogP contribution is 2.19. The Hall–Kier alpha value is -1.03. The minimum Gasteiger partial charge on any atom is -0.369 e. The van der Waals surface area contributed by atoms with Crippen LogP contribution in [0.3, 0.4) is 0 Å². The normalized spacial score (nSPS) is 12.4. The lowest BCUT2D eigenvalue weighted by Crippen LogP contribution is -2.27. The Labute approximate surface area is 115 Å². The fraction of sp³-hybridized carbons (Fsp3) is 0.692. The van der Waals surface area contributed by atoms with Gasteiger partial charge in [-0.05, 0) is 26.2 Å². The van der Waals surface area contributed by atoms with Crippen LogP contribution in [0.4, 0.5) is 11.8 Å². The zero-order valence-electron chi connectivity index (χ0n) is 12.1. The molecule has 102 valence electrons. The van der Waals surface area contributed by atoms with E-state index < -0.39 is 0 Å². The highest BCUT2D eigenvalue weighted by atomic mass is 35.5. The molecule has 0 amide bonds. The van der Waals surface area contributed by atoms with Crippen LogP contribution in [0.1, 0.15) is 41.5 Å². The van der Waals surface area contributed by atoms with Gasteiger partial charge in [0.1, 0.15) is 11.0 Å². The highest BCUT2D eigenvalue weighted by molar-refractivity contribution is 6.29. The lowest BCUT2D eigenvalue weighted by atomic mass is 9.97. The van der Waals surface area contributed by atoms with Gasteiger partial charge in [0, 0.05) is 18.2 Å². The van der Waals surface area contributed by atoms with Crippen LogP contribution in [0.2, 0.25) is 5.15 Å². The van der Waals surface area contributed by atoms with Crippen LogP contribution < -0.4 is 10.6 Å². The van der Waals surface area contributed by atoms with Gasteiger partial charge in [0.15, 0.2) is 0 Å². The fourth-order valence-corrected chi connectivity index (χ4v) is 1.44. The standard InChI is InChI=1S/C13H23ClN4/c1-12(2,3)8-15-10-7-9(14)16-11(17-10)18-13(4,5)6/h7H,8H2,1-6H3,(H2,15,16,17,18). The Bertz CT molecular complexity index is 404. The Kier molecular flexibility index (Phi) is 4.43. The molecule has 0 bridgehead atoms. The molecule has 0 spiro atoms. The molecule has 1 rings (SSSR count). The van der Waals surface area contributed by atoms with Gasteiger partial charge >= 0.3 is 0 Å². The van der Waals surface area contributed by atoms with Gasteiger partial charge in [0.05, 0.1) is 0 Å². The Morgan fingerprint density at radius 3 is 2.22 bits per heavy atom. The molecule has 1 heterocycles. The molecule has 0 unspecified atom stereocenters. The molecule has 0 saturated heterocycles. The van der Waals surface area contributed by atoms with Crippen LogP contribution in [0, 0.1) is 5.41 Å². The predicted octanol–water partition coefficient (Wildman–Crippen LogP) is 3.80. The average Bonchev–Trinajstić information content (AvgIpc) is 2.09. The molecule has 1 aromatic heterocycles. The zero-order chi connectivity index (χ0) is 14.0. The molecule has 5 heteroatoms. The van der Waals surface area contributed by atoms with E-state index in [9.17, 15) is 0 Å². The molecule has 0 saturated carbocycles. The Morgan fingerprint density at radius 1 is 1.11 bits per heavy atom. The van der Waals surface area contributed by atoms with Crippen molar-refractivity contribution in [3.05, 3.63) is 11.2 Å². The van der Waals surface area contributed by atoms with Crippen molar-refractivity contribution >= 4 is 23.4 Å². The van der Waals surface area contributed by atoms with E-state index in [1.165, 1.54) is 0 Å². The van der Waals surface area contributed by atoms with Gasteiger partial charge in [-0.15, -0.1) is 0 Å². The second-order valence-corrected chi connectivity index (χ2v) is 7.08. The summed E-state index contributed by atoms with van der Waals surface area (Å²) in [6.07, 6.45) is 0. The van der Waals surface area contributed by atoms with Crippen molar-refractivity contribution in [3.63, 3.8) is 0 Å². The van der Waals surface area contributed by atoms with Gasteiger partial charge in [0.25, 0.3) is 0 Å². The van der Waals surface area contributed by atoms with Crippen LogP contribution >= 0.6 is 11.6 Å². The van der Waals surface area contributed by atoms with E-state index in [1.54, 1.807) is 6.07 Å². The van der Waals surface area contributed by atoms with Crippen molar-refractivity contribution in [1.29, 1.82) is 0 Å². The first-order valence-corrected chi connectivity index (χ1v) is 6.50. The van der Waals surface area contributed by atoms with Crippen LogP contribution in [0.25, 0.3) is 0 Å². The lowest BCUT2D eigenvalue weighted by Gasteiger charge is -2.22. The zero-order valence-corrected chi connectivity index (χ0v) is 12.8. The summed E-state index contributed by atoms with van der Waals surface area (Å²) in [5, 5.41) is 6.93. The van der Waals surface area contributed by atoms with Crippen molar-refractivity contribution in [3.8, 4) is 0 Å². The van der Waals surface area contributed by atoms with Gasteiger partial charge in [-0.25, -0.2) is 4.98 Å². The third-order valence-electron chi connectivity index (χ3n) is 1.98. The third kappa shape index (κ3) is 6.05. The van der Waals surface area contributed by atoms with Crippen LogP contribution in [-0.2, 0) is 0 Å². The second-order valence-electron chi connectivity index (χ2n) is 6.69. The van der Waals surface area contributed by atoms with E-state index in [0.29, 0.717) is 11.1 Å². The second kappa shape index (κ2) is 5.31. The van der Waals surface area contributed by atoms with Crippen molar-refractivity contribution in [1.82, 2.24) is 9.97 Å².